The maximum Gasteiger partial charge on any atom is 0.244 e. The van der Waals surface area contributed by atoms with Gasteiger partial charge in [-0.3, -0.25) is 9.36 Å². The Morgan fingerprint density at radius 1 is 1.19 bits per heavy atom. The number of benzene rings is 1. The molecule has 0 aliphatic carbocycles. The van der Waals surface area contributed by atoms with Crippen LogP contribution in [0.1, 0.15) is 11.1 Å². The summed E-state index contributed by atoms with van der Waals surface area (Å²) in [6.45, 7) is 0.395. The molecule has 0 aliphatic rings. The molecule has 1 N–H and O–H groups in total. The molecule has 3 aromatic rings. The Morgan fingerprint density at radius 2 is 2.04 bits per heavy atom. The van der Waals surface area contributed by atoms with Crippen molar-refractivity contribution in [3.63, 3.8) is 0 Å². The van der Waals surface area contributed by atoms with Crippen molar-refractivity contribution in [2.45, 2.75) is 6.54 Å². The lowest BCUT2D eigenvalue weighted by Gasteiger charge is -2.07. The van der Waals surface area contributed by atoms with E-state index in [9.17, 15) is 4.79 Å². The fraction of sp³-hybridized carbons (Fsp3) is 0.150. The smallest absolute Gasteiger partial charge is 0.244 e. The van der Waals surface area contributed by atoms with Crippen molar-refractivity contribution >= 4 is 12.0 Å². The van der Waals surface area contributed by atoms with Gasteiger partial charge in [0.1, 0.15) is 12.1 Å². The number of hydrogen-bond donors (Lipinski definition) is 1. The number of imidazole rings is 1. The Kier molecular flexibility index (Phi) is 5.84. The number of nitrogens with one attached hydrogen (secondary N) is 1. The van der Waals surface area contributed by atoms with E-state index in [1.807, 2.05) is 29.0 Å². The van der Waals surface area contributed by atoms with Crippen LogP contribution in [0.15, 0.2) is 61.3 Å². The highest BCUT2D eigenvalue weighted by atomic mass is 16.5. The number of aromatic nitrogens is 3. The molecule has 1 aromatic carbocycles. The van der Waals surface area contributed by atoms with E-state index in [0.29, 0.717) is 18.0 Å². The van der Waals surface area contributed by atoms with Gasteiger partial charge in [-0.25, -0.2) is 9.97 Å². The Morgan fingerprint density at radius 3 is 2.70 bits per heavy atom. The third-order valence-corrected chi connectivity index (χ3v) is 3.88. The van der Waals surface area contributed by atoms with Gasteiger partial charge in [-0.05, 0) is 35.4 Å². The van der Waals surface area contributed by atoms with Crippen molar-refractivity contribution in [2.24, 2.45) is 0 Å². The number of amides is 1. The monoisotopic (exact) mass is 364 g/mol. The standard InChI is InChI=1S/C20H20N4O3/c1-26-17-6-3-15(11-18(17)27-2)5-8-20(25)23-13-16-4-7-19(22-12-16)24-10-9-21-14-24/h3-12,14H,13H2,1-2H3,(H,23,25)/b8-5+. The van der Waals surface area contributed by atoms with Gasteiger partial charge in [0.05, 0.1) is 14.2 Å². The highest BCUT2D eigenvalue weighted by Crippen LogP contribution is 2.27. The second-order valence-corrected chi connectivity index (χ2v) is 5.66. The Hall–Kier alpha value is -3.61. The van der Waals surface area contributed by atoms with Gasteiger partial charge in [-0.15, -0.1) is 0 Å². The minimum absolute atomic E-state index is 0.191. The number of nitrogens with zero attached hydrogens (tertiary/aromatic N) is 3. The maximum atomic E-state index is 12.0. The van der Waals surface area contributed by atoms with E-state index in [4.69, 9.17) is 9.47 Å². The molecule has 138 valence electrons. The van der Waals surface area contributed by atoms with E-state index >= 15 is 0 Å². The highest BCUT2D eigenvalue weighted by molar-refractivity contribution is 5.91. The topological polar surface area (TPSA) is 78.3 Å². The minimum Gasteiger partial charge on any atom is -0.493 e. The van der Waals surface area contributed by atoms with E-state index in [-0.39, 0.29) is 5.91 Å². The summed E-state index contributed by atoms with van der Waals surface area (Å²) >= 11 is 0. The predicted molar refractivity (Wildman–Crippen MR) is 102 cm³/mol. The number of hydrogen-bond acceptors (Lipinski definition) is 5. The first-order valence-corrected chi connectivity index (χ1v) is 8.31. The summed E-state index contributed by atoms with van der Waals surface area (Å²) in [6, 6.07) is 9.25. The summed E-state index contributed by atoms with van der Waals surface area (Å²) in [4.78, 5) is 20.4. The van der Waals surface area contributed by atoms with Crippen LogP contribution in [0, 0.1) is 0 Å². The number of methoxy groups -OCH3 is 2. The Balaban J connectivity index is 1.55. The first-order valence-electron chi connectivity index (χ1n) is 8.31. The average Bonchev–Trinajstić information content (AvgIpc) is 3.25. The molecule has 0 fully saturated rings. The second-order valence-electron chi connectivity index (χ2n) is 5.66. The van der Waals surface area contributed by atoms with Crippen LogP contribution in [-0.4, -0.2) is 34.7 Å². The SMILES string of the molecule is COc1ccc(/C=C/C(=O)NCc2ccc(-n3ccnc3)nc2)cc1OC. The van der Waals surface area contributed by atoms with Crippen molar-refractivity contribution < 1.29 is 14.3 Å². The maximum absolute atomic E-state index is 12.0. The van der Waals surface area contributed by atoms with Crippen LogP contribution in [0.4, 0.5) is 0 Å². The minimum atomic E-state index is -0.191. The van der Waals surface area contributed by atoms with Crippen molar-refractivity contribution in [3.8, 4) is 17.3 Å². The molecule has 3 rings (SSSR count). The summed E-state index contributed by atoms with van der Waals surface area (Å²) in [6.07, 6.45) is 10.1. The quantitative estimate of drug-likeness (QED) is 0.652. The third kappa shape index (κ3) is 4.72. The zero-order valence-electron chi connectivity index (χ0n) is 15.1. The molecule has 0 unspecified atom stereocenters. The van der Waals surface area contributed by atoms with Crippen LogP contribution in [-0.2, 0) is 11.3 Å². The van der Waals surface area contributed by atoms with Gasteiger partial charge in [0.25, 0.3) is 0 Å². The van der Waals surface area contributed by atoms with E-state index < -0.39 is 0 Å². The molecule has 0 aliphatic heterocycles. The summed E-state index contributed by atoms with van der Waals surface area (Å²) in [5, 5.41) is 2.83. The molecule has 0 radical (unpaired) electrons. The van der Waals surface area contributed by atoms with Crippen LogP contribution >= 0.6 is 0 Å². The molecule has 0 saturated heterocycles. The van der Waals surface area contributed by atoms with Crippen LogP contribution in [0.2, 0.25) is 0 Å². The van der Waals surface area contributed by atoms with Crippen LogP contribution in [0.25, 0.3) is 11.9 Å². The molecule has 2 aromatic heterocycles. The zero-order valence-corrected chi connectivity index (χ0v) is 15.1. The van der Waals surface area contributed by atoms with Crippen LogP contribution in [0.3, 0.4) is 0 Å². The molecular formula is C20H20N4O3. The zero-order chi connectivity index (χ0) is 19.1. The van der Waals surface area contributed by atoms with Gasteiger partial charge < -0.3 is 14.8 Å². The molecule has 0 spiro atoms. The van der Waals surface area contributed by atoms with Crippen molar-refractivity contribution in [1.29, 1.82) is 0 Å². The fourth-order valence-electron chi connectivity index (χ4n) is 2.45. The van der Waals surface area contributed by atoms with Gasteiger partial charge in [0, 0.05) is 31.2 Å². The van der Waals surface area contributed by atoms with Crippen molar-refractivity contribution in [1.82, 2.24) is 19.9 Å². The van der Waals surface area contributed by atoms with E-state index in [1.54, 1.807) is 51.1 Å². The lowest BCUT2D eigenvalue weighted by Crippen LogP contribution is -2.20. The largest absolute Gasteiger partial charge is 0.493 e. The van der Waals surface area contributed by atoms with Crippen LogP contribution < -0.4 is 14.8 Å². The number of ether oxygens (including phenoxy) is 2. The molecule has 1 amide bonds. The first kappa shape index (κ1) is 18.2. The summed E-state index contributed by atoms with van der Waals surface area (Å²) < 4.78 is 12.3. The Bertz CT molecular complexity index is 919. The molecule has 0 bridgehead atoms. The number of carbonyl (C=O) groups is 1. The molecular weight excluding hydrogens is 344 g/mol. The summed E-state index contributed by atoms with van der Waals surface area (Å²) in [5.74, 6) is 1.84. The van der Waals surface area contributed by atoms with Crippen molar-refractivity contribution in [2.75, 3.05) is 14.2 Å². The lowest BCUT2D eigenvalue weighted by atomic mass is 10.2. The molecule has 7 nitrogen and oxygen atoms in total. The normalized spacial score (nSPS) is 10.7. The summed E-state index contributed by atoms with van der Waals surface area (Å²) in [7, 11) is 3.15. The van der Waals surface area contributed by atoms with Crippen molar-refractivity contribution in [3.05, 3.63) is 72.5 Å². The van der Waals surface area contributed by atoms with Gasteiger partial charge in [0.15, 0.2) is 11.5 Å². The van der Waals surface area contributed by atoms with Gasteiger partial charge in [-0.2, -0.15) is 0 Å². The predicted octanol–water partition coefficient (Wildman–Crippen LogP) is 2.61. The van der Waals surface area contributed by atoms with Gasteiger partial charge in [-0.1, -0.05) is 12.1 Å². The fourth-order valence-corrected chi connectivity index (χ4v) is 2.45. The molecule has 7 heteroatoms. The molecule has 0 atom stereocenters. The van der Waals surface area contributed by atoms with Gasteiger partial charge in [0.2, 0.25) is 5.91 Å². The first-order chi connectivity index (χ1) is 13.2. The van der Waals surface area contributed by atoms with E-state index in [0.717, 1.165) is 16.9 Å². The molecule has 2 heterocycles. The number of rotatable bonds is 7. The third-order valence-electron chi connectivity index (χ3n) is 3.88. The number of carbonyl (C=O) groups excluding carboxylic acids is 1. The average molecular weight is 364 g/mol. The number of pyridine rings is 1. The second kappa shape index (κ2) is 8.66. The van der Waals surface area contributed by atoms with E-state index in [2.05, 4.69) is 15.3 Å². The highest BCUT2D eigenvalue weighted by Gasteiger charge is 2.04. The van der Waals surface area contributed by atoms with Gasteiger partial charge >= 0.3 is 0 Å². The lowest BCUT2D eigenvalue weighted by molar-refractivity contribution is -0.116. The molecule has 27 heavy (non-hydrogen) atoms. The Labute approximate surface area is 157 Å². The van der Waals surface area contributed by atoms with E-state index in [1.165, 1.54) is 6.08 Å². The summed E-state index contributed by atoms with van der Waals surface area (Å²) in [5.41, 5.74) is 1.75. The van der Waals surface area contributed by atoms with Crippen LogP contribution in [0.5, 0.6) is 11.5 Å². The molecule has 0 saturated carbocycles.